The maximum Gasteiger partial charge on any atom is 0.256 e. The van der Waals surface area contributed by atoms with E-state index in [4.69, 9.17) is 4.74 Å². The highest BCUT2D eigenvalue weighted by Crippen LogP contribution is 2.23. The van der Waals surface area contributed by atoms with Crippen LogP contribution in [0.4, 0.5) is 0 Å². The van der Waals surface area contributed by atoms with Gasteiger partial charge in [-0.2, -0.15) is 0 Å². The van der Waals surface area contributed by atoms with Gasteiger partial charge in [0.05, 0.1) is 18.8 Å². The number of hydrogen-bond acceptors (Lipinski definition) is 2. The number of hydrogen-bond donors (Lipinski definition) is 0. The number of amides is 1. The summed E-state index contributed by atoms with van der Waals surface area (Å²) in [6, 6.07) is 18.6. The van der Waals surface area contributed by atoms with Crippen LogP contribution < -0.4 is 0 Å². The molecule has 2 aromatic carbocycles. The normalized spacial score (nSPS) is 14.9. The maximum atomic E-state index is 13.0. The number of fused-ring (bicyclic) bond motifs is 1. The molecule has 0 saturated carbocycles. The summed E-state index contributed by atoms with van der Waals surface area (Å²) in [4.78, 5) is 14.9. The lowest BCUT2D eigenvalue weighted by molar-refractivity contribution is 0.0304. The fourth-order valence-corrected chi connectivity index (χ4v) is 3.53. The zero-order chi connectivity index (χ0) is 18.5. The summed E-state index contributed by atoms with van der Waals surface area (Å²) in [5.74, 6) is 0.0986. The van der Waals surface area contributed by atoms with E-state index < -0.39 is 0 Å². The second-order valence-corrected chi connectivity index (χ2v) is 6.78. The molecule has 1 aromatic heterocycles. The number of allylic oxidation sites excluding steroid dienone is 2. The number of carbonyl (C=O) groups is 1. The summed E-state index contributed by atoms with van der Waals surface area (Å²) < 4.78 is 7.53. The van der Waals surface area contributed by atoms with Crippen LogP contribution in [0, 0.1) is 0 Å². The minimum Gasteiger partial charge on any atom is -0.378 e. The van der Waals surface area contributed by atoms with Crippen LogP contribution in [-0.4, -0.2) is 41.7 Å². The summed E-state index contributed by atoms with van der Waals surface area (Å²) in [6.07, 6.45) is 7.27. The summed E-state index contributed by atoms with van der Waals surface area (Å²) >= 11 is 0. The summed E-state index contributed by atoms with van der Waals surface area (Å²) in [6.45, 7) is 3.31. The van der Waals surface area contributed by atoms with E-state index in [2.05, 4.69) is 47.1 Å². The smallest absolute Gasteiger partial charge is 0.256 e. The van der Waals surface area contributed by atoms with Gasteiger partial charge in [0.1, 0.15) is 0 Å². The maximum absolute atomic E-state index is 13.0. The average Bonchev–Trinajstić information content (AvgIpc) is 3.11. The van der Waals surface area contributed by atoms with Crippen molar-refractivity contribution in [2.24, 2.45) is 0 Å². The van der Waals surface area contributed by atoms with Crippen LogP contribution in [0.1, 0.15) is 15.9 Å². The van der Waals surface area contributed by atoms with E-state index in [1.165, 1.54) is 5.56 Å². The highest BCUT2D eigenvalue weighted by Gasteiger charge is 2.22. The number of para-hydroxylation sites is 1. The molecule has 0 spiro atoms. The number of benzene rings is 2. The molecule has 0 bridgehead atoms. The quantitative estimate of drug-likeness (QED) is 0.647. The lowest BCUT2D eigenvalue weighted by Crippen LogP contribution is -2.40. The number of nitrogens with zero attached hydrogens (tertiary/aromatic N) is 2. The van der Waals surface area contributed by atoms with Crippen molar-refractivity contribution in [1.29, 1.82) is 0 Å². The van der Waals surface area contributed by atoms with Crippen LogP contribution in [0.5, 0.6) is 0 Å². The molecule has 4 nitrogen and oxygen atoms in total. The Balaban J connectivity index is 1.53. The van der Waals surface area contributed by atoms with Crippen molar-refractivity contribution in [1.82, 2.24) is 9.47 Å². The molecule has 1 aliphatic heterocycles. The van der Waals surface area contributed by atoms with Crippen LogP contribution >= 0.6 is 0 Å². The molecule has 0 N–H and O–H groups in total. The Morgan fingerprint density at radius 2 is 1.70 bits per heavy atom. The Kier molecular flexibility index (Phi) is 5.35. The van der Waals surface area contributed by atoms with Crippen molar-refractivity contribution in [3.63, 3.8) is 0 Å². The fraction of sp³-hybridized carbons (Fsp3) is 0.261. The first-order valence-corrected chi connectivity index (χ1v) is 9.47. The molecule has 4 rings (SSSR count). The third kappa shape index (κ3) is 3.96. The molecule has 138 valence electrons. The van der Waals surface area contributed by atoms with Gasteiger partial charge in [0.2, 0.25) is 0 Å². The van der Waals surface area contributed by atoms with Crippen LogP contribution in [0.3, 0.4) is 0 Å². The van der Waals surface area contributed by atoms with E-state index in [-0.39, 0.29) is 5.91 Å². The zero-order valence-corrected chi connectivity index (χ0v) is 15.4. The van der Waals surface area contributed by atoms with Gasteiger partial charge < -0.3 is 14.2 Å². The molecule has 1 fully saturated rings. The molecular formula is C23H24N2O2. The number of morpholine rings is 1. The van der Waals surface area contributed by atoms with Gasteiger partial charge in [0.25, 0.3) is 5.91 Å². The van der Waals surface area contributed by atoms with E-state index in [9.17, 15) is 4.79 Å². The van der Waals surface area contributed by atoms with Crippen molar-refractivity contribution in [3.8, 4) is 0 Å². The Labute approximate surface area is 159 Å². The molecule has 0 unspecified atom stereocenters. The van der Waals surface area contributed by atoms with Crippen molar-refractivity contribution >= 4 is 16.8 Å². The van der Waals surface area contributed by atoms with Crippen LogP contribution in [0.25, 0.3) is 10.9 Å². The average molecular weight is 360 g/mol. The van der Waals surface area contributed by atoms with E-state index in [0.29, 0.717) is 26.3 Å². The summed E-state index contributed by atoms with van der Waals surface area (Å²) in [5, 5.41) is 1.02. The number of ether oxygens (including phenoxy) is 1. The predicted octanol–water partition coefficient (Wildman–Crippen LogP) is 3.91. The van der Waals surface area contributed by atoms with Gasteiger partial charge >= 0.3 is 0 Å². The van der Waals surface area contributed by atoms with Gasteiger partial charge in [0, 0.05) is 36.7 Å². The molecule has 3 aromatic rings. The van der Waals surface area contributed by atoms with Crippen LogP contribution in [0.15, 0.2) is 72.9 Å². The standard InChI is InChI=1S/C23H24N2O2/c26-23(24-14-16-27-17-15-24)21-18-25(22-12-5-4-11-20(21)22)13-7-6-10-19-8-2-1-3-9-19/h1-9,11-12,18H,10,13-17H2. The lowest BCUT2D eigenvalue weighted by Gasteiger charge is -2.26. The Morgan fingerprint density at radius 3 is 2.52 bits per heavy atom. The van der Waals surface area contributed by atoms with Gasteiger partial charge in [-0.25, -0.2) is 0 Å². The fourth-order valence-electron chi connectivity index (χ4n) is 3.53. The molecule has 1 amide bonds. The first-order chi connectivity index (χ1) is 13.3. The lowest BCUT2D eigenvalue weighted by atomic mass is 10.1. The largest absolute Gasteiger partial charge is 0.378 e. The topological polar surface area (TPSA) is 34.5 Å². The molecule has 1 saturated heterocycles. The SMILES string of the molecule is O=C(c1cn(CC=CCc2ccccc2)c2ccccc12)N1CCOCC1. The van der Waals surface area contributed by atoms with Crippen molar-refractivity contribution in [2.45, 2.75) is 13.0 Å². The minimum atomic E-state index is 0.0986. The van der Waals surface area contributed by atoms with Gasteiger partial charge in [-0.05, 0) is 18.1 Å². The second-order valence-electron chi connectivity index (χ2n) is 6.78. The molecule has 0 aliphatic carbocycles. The van der Waals surface area contributed by atoms with Crippen molar-refractivity contribution in [3.05, 3.63) is 84.1 Å². The monoisotopic (exact) mass is 360 g/mol. The second kappa shape index (κ2) is 8.23. The van der Waals surface area contributed by atoms with Crippen molar-refractivity contribution < 1.29 is 9.53 Å². The number of rotatable bonds is 5. The van der Waals surface area contributed by atoms with E-state index in [0.717, 1.165) is 29.4 Å². The molecule has 2 heterocycles. The van der Waals surface area contributed by atoms with E-state index >= 15 is 0 Å². The molecule has 27 heavy (non-hydrogen) atoms. The summed E-state index contributed by atoms with van der Waals surface area (Å²) in [7, 11) is 0. The Morgan fingerprint density at radius 1 is 0.963 bits per heavy atom. The molecule has 0 atom stereocenters. The highest BCUT2D eigenvalue weighted by molar-refractivity contribution is 6.07. The Hall–Kier alpha value is -2.85. The number of carbonyl (C=O) groups excluding carboxylic acids is 1. The van der Waals surface area contributed by atoms with Gasteiger partial charge in [-0.3, -0.25) is 4.79 Å². The highest BCUT2D eigenvalue weighted by atomic mass is 16.5. The zero-order valence-electron chi connectivity index (χ0n) is 15.4. The van der Waals surface area contributed by atoms with Gasteiger partial charge in [0.15, 0.2) is 0 Å². The third-order valence-corrected chi connectivity index (χ3v) is 4.98. The summed E-state index contributed by atoms with van der Waals surface area (Å²) in [5.41, 5.74) is 3.18. The first-order valence-electron chi connectivity index (χ1n) is 9.47. The molecule has 0 radical (unpaired) electrons. The van der Waals surface area contributed by atoms with Gasteiger partial charge in [-0.15, -0.1) is 0 Å². The van der Waals surface area contributed by atoms with Gasteiger partial charge in [-0.1, -0.05) is 60.7 Å². The number of aromatic nitrogens is 1. The first kappa shape index (κ1) is 17.6. The van der Waals surface area contributed by atoms with E-state index in [1.807, 2.05) is 35.4 Å². The molecule has 4 heteroatoms. The molecular weight excluding hydrogens is 336 g/mol. The predicted molar refractivity (Wildman–Crippen MR) is 108 cm³/mol. The van der Waals surface area contributed by atoms with Crippen LogP contribution in [0.2, 0.25) is 0 Å². The van der Waals surface area contributed by atoms with Crippen LogP contribution in [-0.2, 0) is 17.7 Å². The molecule has 1 aliphatic rings. The Bertz CT molecular complexity index is 937. The minimum absolute atomic E-state index is 0.0986. The van der Waals surface area contributed by atoms with Crippen molar-refractivity contribution in [2.75, 3.05) is 26.3 Å². The van der Waals surface area contributed by atoms with E-state index in [1.54, 1.807) is 0 Å². The third-order valence-electron chi connectivity index (χ3n) is 4.98.